The summed E-state index contributed by atoms with van der Waals surface area (Å²) in [5.41, 5.74) is 4.74. The van der Waals surface area contributed by atoms with Crippen LogP contribution in [0.5, 0.6) is 0 Å². The molecule has 3 aromatic rings. The van der Waals surface area contributed by atoms with Crippen LogP contribution in [0, 0.1) is 23.2 Å². The summed E-state index contributed by atoms with van der Waals surface area (Å²) in [6, 6.07) is 8.56. The maximum Gasteiger partial charge on any atom is 0.151 e. The first kappa shape index (κ1) is 15.6. The number of rotatable bonds is 2. The van der Waals surface area contributed by atoms with Crippen LogP contribution in [0.4, 0.5) is 5.82 Å². The van der Waals surface area contributed by atoms with Gasteiger partial charge in [0.2, 0.25) is 0 Å². The minimum absolute atomic E-state index is 0.122. The third-order valence-electron chi connectivity index (χ3n) is 5.42. The van der Waals surface area contributed by atoms with Crippen LogP contribution in [-0.2, 0) is 0 Å². The molecule has 2 unspecified atom stereocenters. The Morgan fingerprint density at radius 2 is 2.04 bits per heavy atom. The first-order chi connectivity index (χ1) is 12.9. The van der Waals surface area contributed by atoms with Gasteiger partial charge in [0, 0.05) is 23.1 Å². The number of hydrogen-bond donors (Lipinski definition) is 2. The highest BCUT2D eigenvalue weighted by Gasteiger charge is 2.40. The number of nitrogens with zero attached hydrogens (tertiary/aromatic N) is 5. The Kier molecular flexibility index (Phi) is 3.76. The molecule has 8 heteroatoms. The molecule has 1 saturated heterocycles. The van der Waals surface area contributed by atoms with Gasteiger partial charge < -0.3 is 5.32 Å². The third kappa shape index (κ3) is 2.35. The lowest BCUT2D eigenvalue weighted by Gasteiger charge is -2.33. The van der Waals surface area contributed by atoms with Gasteiger partial charge in [0.15, 0.2) is 5.82 Å². The molecule has 0 aliphatic carbocycles. The predicted molar refractivity (Wildman–Crippen MR) is 99.6 cm³/mol. The molecule has 0 bridgehead atoms. The van der Waals surface area contributed by atoms with Gasteiger partial charge in [-0.3, -0.25) is 5.10 Å². The van der Waals surface area contributed by atoms with Crippen LogP contribution in [0.1, 0.15) is 29.9 Å². The second-order valence-corrected chi connectivity index (χ2v) is 7.33. The molecular formula is C18H17N7S. The summed E-state index contributed by atoms with van der Waals surface area (Å²) in [5, 5.41) is 20.7. The van der Waals surface area contributed by atoms with E-state index in [9.17, 15) is 5.26 Å². The topological polar surface area (TPSA) is 103 Å². The van der Waals surface area contributed by atoms with Crippen molar-refractivity contribution in [3.63, 3.8) is 0 Å². The zero-order chi connectivity index (χ0) is 17.5. The number of aromatic nitrogens is 4. The quantitative estimate of drug-likeness (QED) is 0.729. The third-order valence-corrected chi connectivity index (χ3v) is 5.97. The van der Waals surface area contributed by atoms with Crippen molar-refractivity contribution in [1.82, 2.24) is 24.3 Å². The number of nitrogens with one attached hydrogen (secondary N) is 2. The SMILES string of the molecule is N#CC1C(C2CCNCC2)=Nc2[nH]ncc2C1c1cccc2nsnc12. The summed E-state index contributed by atoms with van der Waals surface area (Å²) < 4.78 is 8.86. The Morgan fingerprint density at radius 3 is 2.88 bits per heavy atom. The normalized spacial score (nSPS) is 23.4. The summed E-state index contributed by atoms with van der Waals surface area (Å²) in [6.07, 6.45) is 3.82. The summed E-state index contributed by atoms with van der Waals surface area (Å²) >= 11 is 1.21. The first-order valence-corrected chi connectivity index (χ1v) is 9.53. The lowest BCUT2D eigenvalue weighted by atomic mass is 9.73. The van der Waals surface area contributed by atoms with Crippen LogP contribution in [0.2, 0.25) is 0 Å². The van der Waals surface area contributed by atoms with Gasteiger partial charge in [-0.1, -0.05) is 12.1 Å². The molecule has 4 heterocycles. The van der Waals surface area contributed by atoms with Crippen molar-refractivity contribution in [3.8, 4) is 6.07 Å². The number of hydrogen-bond acceptors (Lipinski definition) is 7. The van der Waals surface area contributed by atoms with Crippen LogP contribution >= 0.6 is 11.7 Å². The molecule has 1 fully saturated rings. The van der Waals surface area contributed by atoms with Crippen LogP contribution in [0.25, 0.3) is 11.0 Å². The fourth-order valence-electron chi connectivity index (χ4n) is 4.18. The van der Waals surface area contributed by atoms with Crippen molar-refractivity contribution in [3.05, 3.63) is 35.5 Å². The van der Waals surface area contributed by atoms with Crippen LogP contribution in [0.3, 0.4) is 0 Å². The van der Waals surface area contributed by atoms with Crippen LogP contribution in [0.15, 0.2) is 29.4 Å². The minimum Gasteiger partial charge on any atom is -0.317 e. The summed E-state index contributed by atoms with van der Waals surface area (Å²) in [4.78, 5) is 4.84. The maximum absolute atomic E-state index is 10.1. The Labute approximate surface area is 154 Å². The molecule has 2 atom stereocenters. The lowest BCUT2D eigenvalue weighted by Crippen LogP contribution is -2.37. The van der Waals surface area contributed by atoms with Gasteiger partial charge in [-0.2, -0.15) is 19.1 Å². The van der Waals surface area contributed by atoms with Crippen LogP contribution in [-0.4, -0.2) is 37.7 Å². The molecule has 1 aromatic carbocycles. The Morgan fingerprint density at radius 1 is 1.15 bits per heavy atom. The standard InChI is InChI=1S/C18H17N7S/c19-8-12-15(11-2-1-3-14-17(11)25-26-24-14)13-9-21-23-18(13)22-16(12)10-4-6-20-7-5-10/h1-3,9-10,12,15,20H,4-7H2,(H,21,23). The van der Waals surface area contributed by atoms with Gasteiger partial charge in [-0.25, -0.2) is 4.99 Å². The molecule has 2 aliphatic heterocycles. The molecule has 2 N–H and O–H groups in total. The maximum atomic E-state index is 10.1. The van der Waals surface area contributed by atoms with E-state index in [0.29, 0.717) is 5.92 Å². The van der Waals surface area contributed by atoms with Crippen molar-refractivity contribution in [1.29, 1.82) is 5.26 Å². The van der Waals surface area contributed by atoms with Gasteiger partial charge in [0.25, 0.3) is 0 Å². The second kappa shape index (κ2) is 6.27. The highest BCUT2D eigenvalue weighted by molar-refractivity contribution is 7.00. The highest BCUT2D eigenvalue weighted by Crippen LogP contribution is 2.44. The number of aromatic amines is 1. The second-order valence-electron chi connectivity index (χ2n) is 6.80. The molecule has 5 rings (SSSR count). The van der Waals surface area contributed by atoms with Gasteiger partial charge in [-0.05, 0) is 37.6 Å². The average molecular weight is 363 g/mol. The summed E-state index contributed by atoms with van der Waals surface area (Å²) in [6.45, 7) is 1.93. The molecule has 0 saturated carbocycles. The smallest absolute Gasteiger partial charge is 0.151 e. The van der Waals surface area contributed by atoms with E-state index in [1.807, 2.05) is 12.1 Å². The molecular weight excluding hydrogens is 346 g/mol. The Bertz CT molecular complexity index is 1020. The summed E-state index contributed by atoms with van der Waals surface area (Å²) in [7, 11) is 0. The fraction of sp³-hybridized carbons (Fsp3) is 0.389. The Hall–Kier alpha value is -2.63. The monoisotopic (exact) mass is 363 g/mol. The molecule has 0 amide bonds. The zero-order valence-electron chi connectivity index (χ0n) is 14.0. The van der Waals surface area contributed by atoms with E-state index in [1.165, 1.54) is 11.7 Å². The number of H-pyrrole nitrogens is 1. The van der Waals surface area contributed by atoms with Crippen molar-refractivity contribution in [2.24, 2.45) is 16.8 Å². The van der Waals surface area contributed by atoms with E-state index in [0.717, 1.165) is 59.6 Å². The minimum atomic E-state index is -0.310. The number of benzene rings is 1. The molecule has 130 valence electrons. The zero-order valence-corrected chi connectivity index (χ0v) is 14.8. The van der Waals surface area contributed by atoms with E-state index in [2.05, 4.69) is 36.4 Å². The summed E-state index contributed by atoms with van der Waals surface area (Å²) in [5.74, 6) is 0.669. The largest absolute Gasteiger partial charge is 0.317 e. The van der Waals surface area contributed by atoms with E-state index < -0.39 is 0 Å². The van der Waals surface area contributed by atoms with E-state index in [1.54, 1.807) is 6.20 Å². The number of piperidine rings is 1. The molecule has 2 aliphatic rings. The fourth-order valence-corrected chi connectivity index (χ4v) is 4.74. The lowest BCUT2D eigenvalue weighted by molar-refractivity contribution is 0.443. The first-order valence-electron chi connectivity index (χ1n) is 8.80. The molecule has 0 radical (unpaired) electrons. The van der Waals surface area contributed by atoms with Gasteiger partial charge >= 0.3 is 0 Å². The number of nitriles is 1. The van der Waals surface area contributed by atoms with Gasteiger partial charge in [0.1, 0.15) is 11.0 Å². The van der Waals surface area contributed by atoms with E-state index in [4.69, 9.17) is 4.99 Å². The predicted octanol–water partition coefficient (Wildman–Crippen LogP) is 2.77. The molecule has 7 nitrogen and oxygen atoms in total. The van der Waals surface area contributed by atoms with Crippen LogP contribution < -0.4 is 5.32 Å². The van der Waals surface area contributed by atoms with E-state index >= 15 is 0 Å². The number of fused-ring (bicyclic) bond motifs is 2. The molecule has 26 heavy (non-hydrogen) atoms. The van der Waals surface area contributed by atoms with E-state index in [-0.39, 0.29) is 11.8 Å². The highest BCUT2D eigenvalue weighted by atomic mass is 32.1. The van der Waals surface area contributed by atoms with Crippen molar-refractivity contribution < 1.29 is 0 Å². The molecule has 0 spiro atoms. The van der Waals surface area contributed by atoms with Gasteiger partial charge in [0.05, 0.1) is 29.9 Å². The van der Waals surface area contributed by atoms with Crippen molar-refractivity contribution >= 4 is 34.3 Å². The number of aliphatic imine (C=N–C) groups is 1. The van der Waals surface area contributed by atoms with Crippen molar-refractivity contribution in [2.45, 2.75) is 18.8 Å². The average Bonchev–Trinajstić information content (AvgIpc) is 3.36. The Balaban J connectivity index is 1.68. The molecule has 2 aromatic heterocycles. The van der Waals surface area contributed by atoms with Gasteiger partial charge in [-0.15, -0.1) is 0 Å². The van der Waals surface area contributed by atoms with Crippen molar-refractivity contribution in [2.75, 3.05) is 13.1 Å².